The van der Waals surface area contributed by atoms with Crippen LogP contribution in [0.1, 0.15) is 43.6 Å². The fourth-order valence-electron chi connectivity index (χ4n) is 2.58. The second-order valence-corrected chi connectivity index (χ2v) is 5.34. The number of hydrogen-bond donors (Lipinski definition) is 2. The Morgan fingerprint density at radius 1 is 1.23 bits per heavy atom. The van der Waals surface area contributed by atoms with Crippen molar-refractivity contribution < 1.29 is 14.3 Å². The van der Waals surface area contributed by atoms with Crippen molar-refractivity contribution in [1.82, 2.24) is 10.3 Å². The summed E-state index contributed by atoms with van der Waals surface area (Å²) in [6.45, 7) is 4.20. The maximum absolute atomic E-state index is 12.4. The molecule has 0 bridgehead atoms. The predicted molar refractivity (Wildman–Crippen MR) is 87.9 cm³/mol. The molecule has 2 aromatic rings. The van der Waals surface area contributed by atoms with Gasteiger partial charge in [-0.1, -0.05) is 20.3 Å². The fourth-order valence-corrected chi connectivity index (χ4v) is 2.58. The van der Waals surface area contributed by atoms with Gasteiger partial charge in [0.2, 0.25) is 0 Å². The Morgan fingerprint density at radius 3 is 2.59 bits per heavy atom. The highest BCUT2D eigenvalue weighted by Gasteiger charge is 2.16. The summed E-state index contributed by atoms with van der Waals surface area (Å²) in [7, 11) is 3.21. The van der Waals surface area contributed by atoms with E-state index in [1.54, 1.807) is 14.2 Å². The average molecular weight is 304 g/mol. The minimum absolute atomic E-state index is 0.0856. The minimum Gasteiger partial charge on any atom is -0.497 e. The summed E-state index contributed by atoms with van der Waals surface area (Å²) in [5, 5.41) is 3.94. The maximum Gasteiger partial charge on any atom is 0.267 e. The van der Waals surface area contributed by atoms with Crippen molar-refractivity contribution in [2.24, 2.45) is 0 Å². The van der Waals surface area contributed by atoms with Gasteiger partial charge in [0.25, 0.3) is 5.91 Å². The zero-order chi connectivity index (χ0) is 16.1. The molecule has 0 aliphatic carbocycles. The summed E-state index contributed by atoms with van der Waals surface area (Å²) in [6, 6.07) is 5.70. The number of aromatic amines is 1. The van der Waals surface area contributed by atoms with E-state index in [4.69, 9.17) is 9.47 Å². The van der Waals surface area contributed by atoms with Crippen LogP contribution in [0.4, 0.5) is 0 Å². The first-order valence-electron chi connectivity index (χ1n) is 7.68. The molecular weight excluding hydrogens is 280 g/mol. The van der Waals surface area contributed by atoms with Crippen LogP contribution in [0.2, 0.25) is 0 Å². The smallest absolute Gasteiger partial charge is 0.267 e. The summed E-state index contributed by atoms with van der Waals surface area (Å²) in [5.41, 5.74) is 1.36. The Hall–Kier alpha value is -2.17. The van der Waals surface area contributed by atoms with Crippen molar-refractivity contribution in [3.05, 3.63) is 23.9 Å². The predicted octanol–water partition coefficient (Wildman–Crippen LogP) is 3.49. The quantitative estimate of drug-likeness (QED) is 0.823. The number of fused-ring (bicyclic) bond motifs is 1. The Kier molecular flexibility index (Phi) is 5.31. The molecule has 5 heteroatoms. The molecule has 1 amide bonds. The molecule has 2 N–H and O–H groups in total. The number of aromatic nitrogens is 1. The number of nitrogens with one attached hydrogen (secondary N) is 2. The largest absolute Gasteiger partial charge is 0.497 e. The molecule has 120 valence electrons. The Morgan fingerprint density at radius 2 is 2.00 bits per heavy atom. The van der Waals surface area contributed by atoms with Crippen molar-refractivity contribution in [2.75, 3.05) is 14.2 Å². The molecule has 0 fully saturated rings. The van der Waals surface area contributed by atoms with Crippen LogP contribution in [0.3, 0.4) is 0 Å². The van der Waals surface area contributed by atoms with Crippen LogP contribution >= 0.6 is 0 Å². The third-order valence-corrected chi connectivity index (χ3v) is 3.84. The molecule has 0 aliphatic rings. The lowest BCUT2D eigenvalue weighted by molar-refractivity contribution is 0.0929. The Balaban J connectivity index is 2.30. The van der Waals surface area contributed by atoms with Gasteiger partial charge in [0.05, 0.1) is 19.7 Å². The number of carbonyl (C=O) groups excluding carboxylic acids is 1. The third kappa shape index (κ3) is 3.35. The van der Waals surface area contributed by atoms with Gasteiger partial charge in [-0.25, -0.2) is 0 Å². The molecule has 0 saturated heterocycles. The fraction of sp³-hybridized carbons (Fsp3) is 0.471. The number of benzene rings is 1. The zero-order valence-electron chi connectivity index (χ0n) is 13.7. The van der Waals surface area contributed by atoms with Gasteiger partial charge in [-0.05, 0) is 18.9 Å². The van der Waals surface area contributed by atoms with Gasteiger partial charge in [0.15, 0.2) is 0 Å². The molecule has 1 aromatic carbocycles. The lowest BCUT2D eigenvalue weighted by Gasteiger charge is -2.15. The molecule has 5 nitrogen and oxygen atoms in total. The second-order valence-electron chi connectivity index (χ2n) is 5.34. The molecule has 2 rings (SSSR count). The second kappa shape index (κ2) is 7.20. The summed E-state index contributed by atoms with van der Waals surface area (Å²) < 4.78 is 10.6. The van der Waals surface area contributed by atoms with E-state index in [1.807, 2.05) is 18.2 Å². The summed E-state index contributed by atoms with van der Waals surface area (Å²) in [5.74, 6) is 1.29. The summed E-state index contributed by atoms with van der Waals surface area (Å²) in [6.07, 6.45) is 2.97. The number of amides is 1. The first-order valence-corrected chi connectivity index (χ1v) is 7.68. The van der Waals surface area contributed by atoms with Gasteiger partial charge in [0, 0.05) is 23.6 Å². The van der Waals surface area contributed by atoms with Crippen LogP contribution in [-0.4, -0.2) is 31.2 Å². The van der Waals surface area contributed by atoms with Crippen LogP contribution in [0.25, 0.3) is 10.9 Å². The molecule has 0 radical (unpaired) electrons. The van der Waals surface area contributed by atoms with Gasteiger partial charge < -0.3 is 19.8 Å². The van der Waals surface area contributed by atoms with Crippen molar-refractivity contribution in [3.8, 4) is 11.5 Å². The monoisotopic (exact) mass is 304 g/mol. The maximum atomic E-state index is 12.4. The molecule has 1 aromatic heterocycles. The number of carbonyl (C=O) groups is 1. The van der Waals surface area contributed by atoms with Crippen molar-refractivity contribution in [2.45, 2.75) is 39.2 Å². The SMILES string of the molecule is CCCC(CC)NC(=O)c1cc2c(OC)cc(OC)cc2[nH]1. The molecule has 1 atom stereocenters. The molecule has 0 spiro atoms. The average Bonchev–Trinajstić information content (AvgIpc) is 2.97. The first kappa shape index (κ1) is 16.2. The van der Waals surface area contributed by atoms with E-state index in [-0.39, 0.29) is 11.9 Å². The summed E-state index contributed by atoms with van der Waals surface area (Å²) >= 11 is 0. The molecule has 0 aliphatic heterocycles. The lowest BCUT2D eigenvalue weighted by Crippen LogP contribution is -2.34. The van der Waals surface area contributed by atoms with Crippen molar-refractivity contribution in [3.63, 3.8) is 0 Å². The number of rotatable bonds is 7. The normalized spacial score (nSPS) is 12.2. The van der Waals surface area contributed by atoms with E-state index in [1.165, 1.54) is 0 Å². The molecular formula is C17H24N2O3. The summed E-state index contributed by atoms with van der Waals surface area (Å²) in [4.78, 5) is 15.5. The van der Waals surface area contributed by atoms with Crippen LogP contribution in [0.5, 0.6) is 11.5 Å². The standard InChI is InChI=1S/C17H24N2O3/c1-5-7-11(6-2)18-17(20)15-10-13-14(19-15)8-12(21-3)9-16(13)22-4/h8-11,19H,5-7H2,1-4H3,(H,18,20). The Labute approximate surface area is 131 Å². The van der Waals surface area contributed by atoms with Crippen LogP contribution < -0.4 is 14.8 Å². The van der Waals surface area contributed by atoms with Crippen LogP contribution in [0, 0.1) is 0 Å². The van der Waals surface area contributed by atoms with Crippen molar-refractivity contribution >= 4 is 16.8 Å². The zero-order valence-corrected chi connectivity index (χ0v) is 13.7. The molecule has 1 unspecified atom stereocenters. The molecule has 0 saturated carbocycles. The van der Waals surface area contributed by atoms with Crippen molar-refractivity contribution in [1.29, 1.82) is 0 Å². The molecule has 22 heavy (non-hydrogen) atoms. The number of hydrogen-bond acceptors (Lipinski definition) is 3. The van der Waals surface area contributed by atoms with Gasteiger partial charge in [-0.2, -0.15) is 0 Å². The number of H-pyrrole nitrogens is 1. The van der Waals surface area contributed by atoms with E-state index in [0.29, 0.717) is 17.2 Å². The Bertz CT molecular complexity index is 649. The van der Waals surface area contributed by atoms with E-state index >= 15 is 0 Å². The van der Waals surface area contributed by atoms with Gasteiger partial charge in [-0.15, -0.1) is 0 Å². The van der Waals surface area contributed by atoms with E-state index < -0.39 is 0 Å². The first-order chi connectivity index (χ1) is 10.6. The van der Waals surface area contributed by atoms with Crippen LogP contribution in [-0.2, 0) is 0 Å². The van der Waals surface area contributed by atoms with Gasteiger partial charge in [-0.3, -0.25) is 4.79 Å². The topological polar surface area (TPSA) is 63.4 Å². The highest BCUT2D eigenvalue weighted by molar-refractivity contribution is 6.00. The van der Waals surface area contributed by atoms with Crippen LogP contribution in [0.15, 0.2) is 18.2 Å². The lowest BCUT2D eigenvalue weighted by atomic mass is 10.1. The van der Waals surface area contributed by atoms with E-state index in [9.17, 15) is 4.79 Å². The van der Waals surface area contributed by atoms with Gasteiger partial charge >= 0.3 is 0 Å². The van der Waals surface area contributed by atoms with Gasteiger partial charge in [0.1, 0.15) is 17.2 Å². The van der Waals surface area contributed by atoms with E-state index in [0.717, 1.165) is 30.2 Å². The highest BCUT2D eigenvalue weighted by Crippen LogP contribution is 2.31. The number of methoxy groups -OCH3 is 2. The molecule has 1 heterocycles. The number of ether oxygens (including phenoxy) is 2. The minimum atomic E-state index is -0.0856. The highest BCUT2D eigenvalue weighted by atomic mass is 16.5. The third-order valence-electron chi connectivity index (χ3n) is 3.84. The van der Waals surface area contributed by atoms with E-state index in [2.05, 4.69) is 24.1 Å².